The minimum absolute atomic E-state index is 0.0838. The number of aliphatic hydroxyl groups is 1. The Morgan fingerprint density at radius 3 is 2.39 bits per heavy atom. The molecule has 0 radical (unpaired) electrons. The van der Waals surface area contributed by atoms with E-state index in [4.69, 9.17) is 9.47 Å². The second-order valence-electron chi connectivity index (χ2n) is 7.02. The summed E-state index contributed by atoms with van der Waals surface area (Å²) in [6.45, 7) is 2.08. The number of benzene rings is 2. The van der Waals surface area contributed by atoms with Gasteiger partial charge in [-0.25, -0.2) is 0 Å². The zero-order valence-corrected chi connectivity index (χ0v) is 17.3. The number of methoxy groups -OCH3 is 2. The van der Waals surface area contributed by atoms with Gasteiger partial charge in [0.05, 0.1) is 30.3 Å². The second kappa shape index (κ2) is 8.97. The summed E-state index contributed by atoms with van der Waals surface area (Å²) in [5, 5.41) is 22.0. The van der Waals surface area contributed by atoms with Crippen LogP contribution in [0.5, 0.6) is 5.75 Å². The predicted molar refractivity (Wildman–Crippen MR) is 112 cm³/mol. The van der Waals surface area contributed by atoms with Crippen LogP contribution in [0, 0.1) is 17.0 Å². The molecular weight excluding hydrogens is 404 g/mol. The fourth-order valence-electron chi connectivity index (χ4n) is 3.61. The van der Waals surface area contributed by atoms with Crippen molar-refractivity contribution >= 4 is 23.1 Å². The predicted octanol–water partition coefficient (Wildman–Crippen LogP) is 2.98. The Morgan fingerprint density at radius 2 is 1.84 bits per heavy atom. The van der Waals surface area contributed by atoms with E-state index in [9.17, 15) is 24.8 Å². The van der Waals surface area contributed by atoms with Crippen LogP contribution in [0.25, 0.3) is 5.76 Å². The van der Waals surface area contributed by atoms with Gasteiger partial charge in [0.25, 0.3) is 17.4 Å². The number of hydrogen-bond donors (Lipinski definition) is 1. The lowest BCUT2D eigenvalue weighted by molar-refractivity contribution is -0.384. The van der Waals surface area contributed by atoms with Gasteiger partial charge in [0.15, 0.2) is 0 Å². The van der Waals surface area contributed by atoms with E-state index in [1.807, 2.05) is 0 Å². The zero-order chi connectivity index (χ0) is 22.7. The topological polar surface area (TPSA) is 119 Å². The molecule has 0 spiro atoms. The van der Waals surface area contributed by atoms with E-state index in [1.165, 1.54) is 43.4 Å². The highest BCUT2D eigenvalue weighted by Gasteiger charge is 2.46. The average Bonchev–Trinajstić information content (AvgIpc) is 3.01. The standard InChI is InChI=1S/C22H22N2O7/c1-13-12-15(6-9-17(13)31-3)20(25)18-19(14-4-7-16(8-5-14)24(28)29)23(10-11-30-2)22(27)21(18)26/h4-9,12,19,25H,10-11H2,1-3H3/t19-/m0/s1. The van der Waals surface area contributed by atoms with Gasteiger partial charge in [-0.05, 0) is 48.4 Å². The molecule has 2 aromatic carbocycles. The van der Waals surface area contributed by atoms with E-state index >= 15 is 0 Å². The Balaban J connectivity index is 2.15. The first-order valence-corrected chi connectivity index (χ1v) is 9.46. The number of nitro groups is 1. The number of ether oxygens (including phenoxy) is 2. The zero-order valence-electron chi connectivity index (χ0n) is 17.3. The van der Waals surface area contributed by atoms with Crippen molar-refractivity contribution in [2.75, 3.05) is 27.4 Å². The molecule has 1 saturated heterocycles. The van der Waals surface area contributed by atoms with Gasteiger partial charge in [-0.3, -0.25) is 19.7 Å². The molecule has 1 heterocycles. The van der Waals surface area contributed by atoms with Crippen LogP contribution in [0.1, 0.15) is 22.7 Å². The van der Waals surface area contributed by atoms with Crippen molar-refractivity contribution in [3.63, 3.8) is 0 Å². The lowest BCUT2D eigenvalue weighted by Gasteiger charge is -2.25. The molecule has 0 aliphatic carbocycles. The summed E-state index contributed by atoms with van der Waals surface area (Å²) in [5.41, 5.74) is 1.36. The van der Waals surface area contributed by atoms with E-state index in [1.54, 1.807) is 25.1 Å². The number of likely N-dealkylation sites (tertiary alicyclic amines) is 1. The third-order valence-electron chi connectivity index (χ3n) is 5.16. The molecule has 0 bridgehead atoms. The molecule has 2 aromatic rings. The Bertz CT molecular complexity index is 1060. The summed E-state index contributed by atoms with van der Waals surface area (Å²) in [5.74, 6) is -1.31. The number of non-ortho nitro benzene ring substituents is 1. The largest absolute Gasteiger partial charge is 0.507 e. The van der Waals surface area contributed by atoms with Crippen LogP contribution < -0.4 is 4.74 Å². The molecule has 1 atom stereocenters. The molecule has 162 valence electrons. The summed E-state index contributed by atoms with van der Waals surface area (Å²) < 4.78 is 10.3. The van der Waals surface area contributed by atoms with E-state index in [0.29, 0.717) is 16.9 Å². The minimum Gasteiger partial charge on any atom is -0.507 e. The van der Waals surface area contributed by atoms with Gasteiger partial charge in [-0.1, -0.05) is 0 Å². The number of carbonyl (C=O) groups excluding carboxylic acids is 2. The number of aryl methyl sites for hydroxylation is 1. The summed E-state index contributed by atoms with van der Waals surface area (Å²) >= 11 is 0. The molecule has 1 N–H and O–H groups in total. The van der Waals surface area contributed by atoms with Crippen LogP contribution in [0.2, 0.25) is 0 Å². The molecule has 1 aliphatic heterocycles. The van der Waals surface area contributed by atoms with Crippen molar-refractivity contribution < 1.29 is 29.1 Å². The van der Waals surface area contributed by atoms with E-state index in [0.717, 1.165) is 5.56 Å². The molecule has 9 nitrogen and oxygen atoms in total. The maximum absolute atomic E-state index is 12.9. The summed E-state index contributed by atoms with van der Waals surface area (Å²) in [7, 11) is 3.00. The highest BCUT2D eigenvalue weighted by molar-refractivity contribution is 6.46. The van der Waals surface area contributed by atoms with E-state index in [2.05, 4.69) is 0 Å². The number of Topliss-reactive ketones (excluding diaryl/α,β-unsaturated/α-hetero) is 1. The Kier molecular flexibility index (Phi) is 6.36. The van der Waals surface area contributed by atoms with Crippen molar-refractivity contribution in [3.05, 3.63) is 74.8 Å². The molecule has 9 heteroatoms. The summed E-state index contributed by atoms with van der Waals surface area (Å²) in [4.78, 5) is 37.4. The van der Waals surface area contributed by atoms with Crippen LogP contribution >= 0.6 is 0 Å². The van der Waals surface area contributed by atoms with Gasteiger partial charge in [0.2, 0.25) is 0 Å². The summed E-state index contributed by atoms with van der Waals surface area (Å²) in [6.07, 6.45) is 0. The van der Waals surface area contributed by atoms with E-state index < -0.39 is 22.7 Å². The molecule has 31 heavy (non-hydrogen) atoms. The van der Waals surface area contributed by atoms with Gasteiger partial charge >= 0.3 is 0 Å². The third kappa shape index (κ3) is 4.13. The molecular formula is C22H22N2O7. The number of carbonyl (C=O) groups is 2. The van der Waals surface area contributed by atoms with Crippen LogP contribution in [-0.2, 0) is 14.3 Å². The first-order chi connectivity index (χ1) is 14.8. The minimum atomic E-state index is -0.904. The van der Waals surface area contributed by atoms with E-state index in [-0.39, 0.29) is 30.2 Å². The fraction of sp³-hybridized carbons (Fsp3) is 0.273. The smallest absolute Gasteiger partial charge is 0.295 e. The molecule has 1 aliphatic rings. The van der Waals surface area contributed by atoms with Crippen molar-refractivity contribution in [2.24, 2.45) is 0 Å². The first kappa shape index (κ1) is 22.0. The van der Waals surface area contributed by atoms with Gasteiger partial charge < -0.3 is 19.5 Å². The van der Waals surface area contributed by atoms with Crippen molar-refractivity contribution in [2.45, 2.75) is 13.0 Å². The monoisotopic (exact) mass is 426 g/mol. The van der Waals surface area contributed by atoms with Gasteiger partial charge in [-0.15, -0.1) is 0 Å². The van der Waals surface area contributed by atoms with Crippen molar-refractivity contribution in [1.29, 1.82) is 0 Å². The molecule has 3 rings (SSSR count). The molecule has 0 saturated carbocycles. The molecule has 1 fully saturated rings. The maximum atomic E-state index is 12.9. The highest BCUT2D eigenvalue weighted by Crippen LogP contribution is 2.40. The number of nitrogens with zero attached hydrogens (tertiary/aromatic N) is 2. The molecule has 0 aromatic heterocycles. The van der Waals surface area contributed by atoms with Crippen molar-refractivity contribution in [1.82, 2.24) is 4.90 Å². The number of hydrogen-bond acceptors (Lipinski definition) is 7. The quantitative estimate of drug-likeness (QED) is 0.238. The summed E-state index contributed by atoms with van der Waals surface area (Å²) in [6, 6.07) is 9.54. The fourth-order valence-corrected chi connectivity index (χ4v) is 3.61. The maximum Gasteiger partial charge on any atom is 0.295 e. The SMILES string of the molecule is COCCN1C(=O)C(=O)C(=C(O)c2ccc(OC)c(C)c2)[C@@H]1c1ccc([N+](=O)[O-])cc1. The molecule has 0 unspecified atom stereocenters. The van der Waals surface area contributed by atoms with Crippen LogP contribution in [-0.4, -0.2) is 54.0 Å². The van der Waals surface area contributed by atoms with Crippen LogP contribution in [0.4, 0.5) is 5.69 Å². The third-order valence-corrected chi connectivity index (χ3v) is 5.16. The normalized spacial score (nSPS) is 17.8. The Hall–Kier alpha value is -3.72. The second-order valence-corrected chi connectivity index (χ2v) is 7.02. The van der Waals surface area contributed by atoms with Crippen LogP contribution in [0.15, 0.2) is 48.0 Å². The average molecular weight is 426 g/mol. The first-order valence-electron chi connectivity index (χ1n) is 9.46. The number of ketones is 1. The Labute approximate surface area is 178 Å². The van der Waals surface area contributed by atoms with Gasteiger partial charge in [-0.2, -0.15) is 0 Å². The lowest BCUT2D eigenvalue weighted by Crippen LogP contribution is -2.32. The lowest BCUT2D eigenvalue weighted by atomic mass is 9.94. The Morgan fingerprint density at radius 1 is 1.16 bits per heavy atom. The number of nitro benzene ring substituents is 1. The highest BCUT2D eigenvalue weighted by atomic mass is 16.6. The van der Waals surface area contributed by atoms with Crippen LogP contribution in [0.3, 0.4) is 0 Å². The number of aliphatic hydroxyl groups excluding tert-OH is 1. The number of amides is 1. The number of rotatable bonds is 7. The van der Waals surface area contributed by atoms with Gasteiger partial charge in [0, 0.05) is 31.4 Å². The van der Waals surface area contributed by atoms with Gasteiger partial charge in [0.1, 0.15) is 11.5 Å². The van der Waals surface area contributed by atoms with Crippen molar-refractivity contribution in [3.8, 4) is 5.75 Å². The molecule has 1 amide bonds.